The maximum Gasteiger partial charge on any atom is 0.0610 e. The molecule has 1 aliphatic heterocycles. The third-order valence-electron chi connectivity index (χ3n) is 16.2. The Balaban J connectivity index is 1.13. The van der Waals surface area contributed by atoms with Crippen molar-refractivity contribution in [2.24, 2.45) is 29.1 Å². The molecular weight excluding hydrogens is 695 g/mol. The summed E-state index contributed by atoms with van der Waals surface area (Å²) in [5.41, 5.74) is 16.1. The molecular formula is C54H51NS. The molecule has 5 aliphatic carbocycles. The van der Waals surface area contributed by atoms with Crippen LogP contribution in [0.25, 0.3) is 22.3 Å². The molecule has 0 amide bonds. The fraction of sp³-hybridized carbons (Fsp3) is 0.333. The Labute approximate surface area is 337 Å². The van der Waals surface area contributed by atoms with Gasteiger partial charge in [-0.3, -0.25) is 0 Å². The van der Waals surface area contributed by atoms with Crippen LogP contribution in [0.1, 0.15) is 88.5 Å². The fourth-order valence-corrected chi connectivity index (χ4v) is 15.0. The molecule has 278 valence electrons. The molecule has 6 aromatic carbocycles. The van der Waals surface area contributed by atoms with Gasteiger partial charge in [0.1, 0.15) is 0 Å². The van der Waals surface area contributed by atoms with Crippen molar-refractivity contribution >= 4 is 28.8 Å². The normalized spacial score (nSPS) is 29.0. The van der Waals surface area contributed by atoms with E-state index < -0.39 is 0 Å². The molecule has 4 fully saturated rings. The molecule has 0 aromatic heterocycles. The van der Waals surface area contributed by atoms with Crippen molar-refractivity contribution in [3.63, 3.8) is 0 Å². The Bertz CT molecular complexity index is 2550. The maximum absolute atomic E-state index is 2.67. The van der Waals surface area contributed by atoms with E-state index in [0.717, 1.165) is 23.7 Å². The summed E-state index contributed by atoms with van der Waals surface area (Å²) >= 11 is 2.04. The van der Waals surface area contributed by atoms with Crippen LogP contribution in [0.2, 0.25) is 0 Å². The molecule has 0 saturated heterocycles. The molecule has 0 N–H and O–H groups in total. The van der Waals surface area contributed by atoms with E-state index in [1.54, 1.807) is 11.1 Å². The van der Waals surface area contributed by atoms with Crippen molar-refractivity contribution < 1.29 is 0 Å². The van der Waals surface area contributed by atoms with Crippen LogP contribution >= 0.6 is 11.8 Å². The third-order valence-corrected chi connectivity index (χ3v) is 17.5. The summed E-state index contributed by atoms with van der Waals surface area (Å²) in [6, 6.07) is 53.8. The van der Waals surface area contributed by atoms with Crippen molar-refractivity contribution in [3.8, 4) is 22.3 Å². The van der Waals surface area contributed by atoms with E-state index in [2.05, 4.69) is 172 Å². The lowest BCUT2D eigenvalue weighted by molar-refractivity contribution is -0.235. The topological polar surface area (TPSA) is 3.24 Å². The van der Waals surface area contributed by atoms with Crippen LogP contribution in [-0.4, -0.2) is 0 Å². The predicted molar refractivity (Wildman–Crippen MR) is 233 cm³/mol. The first-order chi connectivity index (χ1) is 27.2. The number of benzene rings is 6. The minimum Gasteiger partial charge on any atom is -0.309 e. The highest BCUT2D eigenvalue weighted by Gasteiger charge is 2.84. The van der Waals surface area contributed by atoms with Gasteiger partial charge < -0.3 is 4.90 Å². The smallest absolute Gasteiger partial charge is 0.0610 e. The van der Waals surface area contributed by atoms with Gasteiger partial charge in [-0.15, -0.1) is 0 Å². The van der Waals surface area contributed by atoms with Crippen LogP contribution in [0.4, 0.5) is 17.1 Å². The number of hydrogen-bond acceptors (Lipinski definition) is 2. The SMILES string of the molecule is CC1(C)CCC(C)(C)c2cc(N(c3ccc(-c4ccccc4)cc3)c3cc(-c4ccccc4)cc4c3Sc3ccccc3C43C4CC5CC6CC3C64C5)ccc21. The zero-order valence-electron chi connectivity index (χ0n) is 33.2. The Hall–Kier alpha value is -4.53. The lowest BCUT2D eigenvalue weighted by Crippen LogP contribution is -2.74. The first-order valence-electron chi connectivity index (χ1n) is 21.3. The summed E-state index contributed by atoms with van der Waals surface area (Å²) in [7, 11) is 0. The Kier molecular flexibility index (Phi) is 6.92. The van der Waals surface area contributed by atoms with Crippen molar-refractivity contribution in [1.29, 1.82) is 0 Å². The number of nitrogens with zero attached hydrogens (tertiary/aromatic N) is 1. The molecule has 6 aromatic rings. The summed E-state index contributed by atoms with van der Waals surface area (Å²) < 4.78 is 0. The minimum atomic E-state index is 0.0765. The van der Waals surface area contributed by atoms with E-state index >= 15 is 0 Å². The second-order valence-corrected chi connectivity index (χ2v) is 20.7. The molecule has 1 nitrogen and oxygen atoms in total. The molecule has 2 bridgehead atoms. The Morgan fingerprint density at radius 3 is 1.88 bits per heavy atom. The zero-order valence-corrected chi connectivity index (χ0v) is 34.0. The van der Waals surface area contributed by atoms with Crippen LogP contribution in [0, 0.1) is 29.1 Å². The molecule has 6 atom stereocenters. The summed E-state index contributed by atoms with van der Waals surface area (Å²) in [6.07, 6.45) is 8.18. The van der Waals surface area contributed by atoms with Crippen LogP contribution < -0.4 is 4.90 Å². The first-order valence-corrected chi connectivity index (χ1v) is 22.1. The van der Waals surface area contributed by atoms with E-state index in [9.17, 15) is 0 Å². The molecule has 6 aliphatic rings. The van der Waals surface area contributed by atoms with Gasteiger partial charge in [0.05, 0.1) is 5.69 Å². The molecule has 2 spiro atoms. The van der Waals surface area contributed by atoms with E-state index in [1.165, 1.54) is 98.8 Å². The number of hydrogen-bond donors (Lipinski definition) is 0. The minimum absolute atomic E-state index is 0.0765. The molecule has 56 heavy (non-hydrogen) atoms. The van der Waals surface area contributed by atoms with Gasteiger partial charge in [0.25, 0.3) is 0 Å². The number of fused-ring (bicyclic) bond motifs is 8. The van der Waals surface area contributed by atoms with E-state index in [-0.39, 0.29) is 16.2 Å². The van der Waals surface area contributed by atoms with Crippen molar-refractivity contribution in [2.75, 3.05) is 4.90 Å². The highest BCUT2D eigenvalue weighted by molar-refractivity contribution is 7.99. The van der Waals surface area contributed by atoms with E-state index in [0.29, 0.717) is 5.41 Å². The summed E-state index contributed by atoms with van der Waals surface area (Å²) in [4.78, 5) is 5.59. The van der Waals surface area contributed by atoms with Crippen LogP contribution in [0.3, 0.4) is 0 Å². The highest BCUT2D eigenvalue weighted by atomic mass is 32.2. The Morgan fingerprint density at radius 2 is 1.14 bits per heavy atom. The van der Waals surface area contributed by atoms with Crippen molar-refractivity contribution in [2.45, 2.75) is 92.3 Å². The van der Waals surface area contributed by atoms with Gasteiger partial charge in [-0.05, 0) is 165 Å². The summed E-state index contributed by atoms with van der Waals surface area (Å²) in [5, 5.41) is 0. The standard InChI is InChI=1S/C54H51NS/c1-51(2)25-26-52(3,4)44-32-41(23-24-42(44)51)55(40-21-19-37(20-22-40)35-13-7-5-8-14-35)46-30-38(36-15-9-6-10-16-36)29-45-50(46)56-47-18-12-11-17-43(47)54(45)48-28-34-27-39-31-49(54)53(39,48)33-34/h5-24,29-30,32,34,39,48-49H,25-28,31,33H2,1-4H3. The highest BCUT2D eigenvalue weighted by Crippen LogP contribution is 2.89. The van der Waals surface area contributed by atoms with E-state index in [4.69, 9.17) is 0 Å². The second-order valence-electron chi connectivity index (χ2n) is 19.6. The van der Waals surface area contributed by atoms with Gasteiger partial charge in [0, 0.05) is 26.6 Å². The quantitative estimate of drug-likeness (QED) is 0.173. The summed E-state index contributed by atoms with van der Waals surface area (Å²) in [5.74, 6) is 3.34. The van der Waals surface area contributed by atoms with Crippen LogP contribution in [0.15, 0.2) is 149 Å². The largest absolute Gasteiger partial charge is 0.309 e. The van der Waals surface area contributed by atoms with Gasteiger partial charge in [0.15, 0.2) is 0 Å². The molecule has 1 heterocycles. The van der Waals surface area contributed by atoms with Gasteiger partial charge >= 0.3 is 0 Å². The van der Waals surface area contributed by atoms with Gasteiger partial charge in [-0.25, -0.2) is 0 Å². The Morgan fingerprint density at radius 1 is 0.518 bits per heavy atom. The van der Waals surface area contributed by atoms with Crippen LogP contribution in [-0.2, 0) is 16.2 Å². The predicted octanol–water partition coefficient (Wildman–Crippen LogP) is 14.7. The van der Waals surface area contributed by atoms with Gasteiger partial charge in [0.2, 0.25) is 0 Å². The van der Waals surface area contributed by atoms with E-state index in [1.807, 2.05) is 11.8 Å². The lowest BCUT2D eigenvalue weighted by Gasteiger charge is -2.78. The monoisotopic (exact) mass is 745 g/mol. The number of anilines is 3. The van der Waals surface area contributed by atoms with Gasteiger partial charge in [-0.1, -0.05) is 137 Å². The summed E-state index contributed by atoms with van der Waals surface area (Å²) in [6.45, 7) is 9.82. The van der Waals surface area contributed by atoms with Crippen LogP contribution in [0.5, 0.6) is 0 Å². The lowest BCUT2D eigenvalue weighted by atomic mass is 9.26. The van der Waals surface area contributed by atoms with Gasteiger partial charge in [-0.2, -0.15) is 0 Å². The second kappa shape index (κ2) is 11.5. The van der Waals surface area contributed by atoms with Crippen molar-refractivity contribution in [3.05, 3.63) is 162 Å². The zero-order chi connectivity index (χ0) is 37.6. The molecule has 0 radical (unpaired) electrons. The average molecular weight is 746 g/mol. The third kappa shape index (κ3) is 4.35. The molecule has 2 heteroatoms. The first kappa shape index (κ1) is 33.6. The average Bonchev–Trinajstić information content (AvgIpc) is 3.76. The maximum atomic E-state index is 2.67. The molecule has 4 saturated carbocycles. The van der Waals surface area contributed by atoms with Crippen molar-refractivity contribution in [1.82, 2.24) is 0 Å². The fourth-order valence-electron chi connectivity index (χ4n) is 13.7. The number of rotatable bonds is 5. The molecule has 6 unspecified atom stereocenters. The molecule has 12 rings (SSSR count).